The fourth-order valence-electron chi connectivity index (χ4n) is 7.70. The maximum atomic E-state index is 12.9. The molecule has 0 aliphatic rings. The van der Waals surface area contributed by atoms with Crippen molar-refractivity contribution < 1.29 is 28.6 Å². The Balaban J connectivity index is 4.54. The highest BCUT2D eigenvalue weighted by atomic mass is 16.6. The maximum absolute atomic E-state index is 12.9. The lowest BCUT2D eigenvalue weighted by molar-refractivity contribution is -0.166. The summed E-state index contributed by atoms with van der Waals surface area (Å²) in [6.07, 6.45) is 103. The molecule has 0 spiro atoms. The highest BCUT2D eigenvalue weighted by Gasteiger charge is 2.19. The molecule has 0 radical (unpaired) electrons. The number of esters is 3. The van der Waals surface area contributed by atoms with Crippen LogP contribution in [0.15, 0.2) is 207 Å². The lowest BCUT2D eigenvalue weighted by Crippen LogP contribution is -2.30. The van der Waals surface area contributed by atoms with Crippen molar-refractivity contribution in [1.82, 2.24) is 0 Å². The van der Waals surface area contributed by atoms with Crippen LogP contribution in [0.5, 0.6) is 0 Å². The third-order valence-electron chi connectivity index (χ3n) is 12.3. The SMILES string of the molecule is CC/C=C\C/C=C\C/C=C\C/C=C\C/C=C\C/C=C\C/C=C\C/C=C\CCCCCCC(=O)OCC(COC(=O)C/C=C\C/C=C\C/C=C\C/C=C\C/C=C\CC)OC(=O)CCCCCCCC/C=C\C/C=C\C/C=C\C/C=C\CC. The van der Waals surface area contributed by atoms with Crippen LogP contribution in [-0.2, 0) is 28.6 Å². The molecule has 0 aromatic carbocycles. The first-order valence-electron chi connectivity index (χ1n) is 31.6. The van der Waals surface area contributed by atoms with Gasteiger partial charge in [0, 0.05) is 12.8 Å². The summed E-state index contributed by atoms with van der Waals surface area (Å²) < 4.78 is 16.8. The number of rotatable bonds is 54. The van der Waals surface area contributed by atoms with Gasteiger partial charge in [0.2, 0.25) is 0 Å². The van der Waals surface area contributed by atoms with E-state index in [1.807, 2.05) is 6.08 Å². The van der Waals surface area contributed by atoms with Gasteiger partial charge in [-0.3, -0.25) is 14.4 Å². The van der Waals surface area contributed by atoms with E-state index in [1.165, 1.54) is 12.8 Å². The van der Waals surface area contributed by atoms with E-state index in [4.69, 9.17) is 14.2 Å². The van der Waals surface area contributed by atoms with Crippen LogP contribution in [0.3, 0.4) is 0 Å². The molecule has 0 fully saturated rings. The number of allylic oxidation sites excluding steroid dienone is 33. The molecule has 0 bridgehead atoms. The van der Waals surface area contributed by atoms with Crippen molar-refractivity contribution in [3.8, 4) is 0 Å². The van der Waals surface area contributed by atoms with Gasteiger partial charge in [-0.15, -0.1) is 0 Å². The van der Waals surface area contributed by atoms with Crippen LogP contribution in [0.25, 0.3) is 0 Å². The van der Waals surface area contributed by atoms with E-state index in [0.29, 0.717) is 6.42 Å². The van der Waals surface area contributed by atoms with Crippen LogP contribution in [0, 0.1) is 0 Å². The van der Waals surface area contributed by atoms with Gasteiger partial charge in [0.05, 0.1) is 6.42 Å². The van der Waals surface area contributed by atoms with E-state index >= 15 is 0 Å². The monoisotopic (exact) mass is 1110 g/mol. The van der Waals surface area contributed by atoms with Gasteiger partial charge in [0.15, 0.2) is 6.10 Å². The molecule has 0 saturated carbocycles. The minimum Gasteiger partial charge on any atom is -0.462 e. The Kier molecular flexibility index (Phi) is 61.6. The topological polar surface area (TPSA) is 78.9 Å². The number of carbonyl (C=O) groups excluding carboxylic acids is 3. The summed E-state index contributed by atoms with van der Waals surface area (Å²) in [6, 6.07) is 0. The van der Waals surface area contributed by atoms with Crippen molar-refractivity contribution in [1.29, 1.82) is 0 Å². The Hall–Kier alpha value is -6.01. The minimum absolute atomic E-state index is 0.107. The number of carbonyl (C=O) groups is 3. The molecule has 0 aliphatic heterocycles. The molecule has 1 unspecified atom stereocenters. The molecule has 0 aliphatic carbocycles. The van der Waals surface area contributed by atoms with Crippen LogP contribution < -0.4 is 0 Å². The van der Waals surface area contributed by atoms with Crippen molar-refractivity contribution in [2.24, 2.45) is 0 Å². The second-order valence-electron chi connectivity index (χ2n) is 19.8. The summed E-state index contributed by atoms with van der Waals surface area (Å²) >= 11 is 0. The summed E-state index contributed by atoms with van der Waals surface area (Å²) in [6.45, 7) is 6.15. The standard InChI is InChI=1S/C75H112O6/c1-4-7-10-13-16-19-22-25-28-30-32-33-34-35-36-37-38-39-40-41-43-44-47-50-53-56-59-62-65-68-74(77)80-71-72(70-79-73(76)67-64-61-58-55-52-49-46-27-24-21-18-15-12-9-6-3)81-75(78)69-66-63-60-57-54-51-48-45-42-31-29-26-23-20-17-14-11-8-5-2/h7-12,16-21,25-29,32-33,35-36,38-39,41-43,45-47,50,52,55,61,64,72H,4-6,13-15,22-24,30-31,34,37,40,44,48-49,51,53-54,56-60,62-63,65-71H2,1-3H3/b10-7-,11-8-,12-9-,19-16-,20-17-,21-18-,28-25-,29-26-,33-32-,36-35-,39-38-,43-41-,45-42-,46-27-,50-47-,55-52-,64-61-. The van der Waals surface area contributed by atoms with Gasteiger partial charge in [-0.05, 0) is 148 Å². The molecule has 0 heterocycles. The van der Waals surface area contributed by atoms with Gasteiger partial charge in [-0.25, -0.2) is 0 Å². The number of hydrogen-bond acceptors (Lipinski definition) is 6. The molecule has 0 aromatic heterocycles. The third-order valence-corrected chi connectivity index (χ3v) is 12.3. The zero-order valence-electron chi connectivity index (χ0n) is 51.2. The largest absolute Gasteiger partial charge is 0.462 e. The Morgan fingerprint density at radius 2 is 0.494 bits per heavy atom. The molecule has 81 heavy (non-hydrogen) atoms. The average molecular weight is 1110 g/mol. The minimum atomic E-state index is -0.851. The van der Waals surface area contributed by atoms with Gasteiger partial charge in [0.25, 0.3) is 0 Å². The predicted octanol–water partition coefficient (Wildman–Crippen LogP) is 22.0. The molecule has 0 saturated heterocycles. The normalized spacial score (nSPS) is 13.6. The predicted molar refractivity (Wildman–Crippen MR) is 352 cm³/mol. The zero-order chi connectivity index (χ0) is 58.5. The summed E-state index contributed by atoms with van der Waals surface area (Å²) in [5.74, 6) is -1.12. The first kappa shape index (κ1) is 75.0. The van der Waals surface area contributed by atoms with Crippen molar-refractivity contribution in [2.45, 2.75) is 232 Å². The summed E-state index contributed by atoms with van der Waals surface area (Å²) in [5, 5.41) is 0. The van der Waals surface area contributed by atoms with E-state index in [1.54, 1.807) is 6.08 Å². The van der Waals surface area contributed by atoms with Crippen LogP contribution >= 0.6 is 0 Å². The highest BCUT2D eigenvalue weighted by molar-refractivity contribution is 5.72. The molecule has 0 rings (SSSR count). The van der Waals surface area contributed by atoms with Crippen LogP contribution in [-0.4, -0.2) is 37.2 Å². The number of unbranched alkanes of at least 4 members (excludes halogenated alkanes) is 10. The van der Waals surface area contributed by atoms with E-state index in [2.05, 4.69) is 215 Å². The van der Waals surface area contributed by atoms with Crippen molar-refractivity contribution >= 4 is 17.9 Å². The van der Waals surface area contributed by atoms with E-state index in [-0.39, 0.29) is 38.0 Å². The molecule has 1 atom stereocenters. The Labute approximate surface area is 496 Å². The lowest BCUT2D eigenvalue weighted by atomic mass is 10.1. The molecular weight excluding hydrogens is 997 g/mol. The smallest absolute Gasteiger partial charge is 0.309 e. The van der Waals surface area contributed by atoms with Gasteiger partial charge >= 0.3 is 17.9 Å². The Morgan fingerprint density at radius 1 is 0.259 bits per heavy atom. The highest BCUT2D eigenvalue weighted by Crippen LogP contribution is 2.12. The van der Waals surface area contributed by atoms with Crippen molar-refractivity contribution in [3.05, 3.63) is 207 Å². The Morgan fingerprint density at radius 3 is 0.802 bits per heavy atom. The van der Waals surface area contributed by atoms with Gasteiger partial charge < -0.3 is 14.2 Å². The zero-order valence-corrected chi connectivity index (χ0v) is 51.2. The fraction of sp³-hybridized carbons (Fsp3) is 0.507. The van der Waals surface area contributed by atoms with Crippen LogP contribution in [0.2, 0.25) is 0 Å². The summed E-state index contributed by atoms with van der Waals surface area (Å²) in [5.41, 5.74) is 0. The first-order chi connectivity index (χ1) is 40.0. The molecule has 448 valence electrons. The molecule has 0 aromatic rings. The second-order valence-corrected chi connectivity index (χ2v) is 19.8. The first-order valence-corrected chi connectivity index (χ1v) is 31.6. The lowest BCUT2D eigenvalue weighted by Gasteiger charge is -2.18. The van der Waals surface area contributed by atoms with Crippen molar-refractivity contribution in [3.63, 3.8) is 0 Å². The van der Waals surface area contributed by atoms with Crippen LogP contribution in [0.4, 0.5) is 0 Å². The average Bonchev–Trinajstić information content (AvgIpc) is 3.47. The molecule has 0 amide bonds. The van der Waals surface area contributed by atoms with Gasteiger partial charge in [-0.1, -0.05) is 266 Å². The van der Waals surface area contributed by atoms with Gasteiger partial charge in [0.1, 0.15) is 13.2 Å². The number of ether oxygens (including phenoxy) is 3. The molecule has 6 nitrogen and oxygen atoms in total. The quantitative estimate of drug-likeness (QED) is 0.0261. The number of hydrogen-bond donors (Lipinski definition) is 0. The van der Waals surface area contributed by atoms with Gasteiger partial charge in [-0.2, -0.15) is 0 Å². The fourth-order valence-corrected chi connectivity index (χ4v) is 7.70. The molecule has 0 N–H and O–H groups in total. The third kappa shape index (κ3) is 64.7. The molecular formula is C75H112O6. The van der Waals surface area contributed by atoms with Crippen molar-refractivity contribution in [2.75, 3.05) is 13.2 Å². The van der Waals surface area contributed by atoms with E-state index < -0.39 is 12.1 Å². The second kappa shape index (κ2) is 66.5. The maximum Gasteiger partial charge on any atom is 0.309 e. The van der Waals surface area contributed by atoms with E-state index in [9.17, 15) is 14.4 Å². The Bertz CT molecular complexity index is 2000. The van der Waals surface area contributed by atoms with E-state index in [0.717, 1.165) is 173 Å². The van der Waals surface area contributed by atoms with Crippen LogP contribution in [0.1, 0.15) is 226 Å². The molecule has 6 heteroatoms. The summed E-state index contributed by atoms with van der Waals surface area (Å²) in [4.78, 5) is 38.2. The summed E-state index contributed by atoms with van der Waals surface area (Å²) in [7, 11) is 0.